The Morgan fingerprint density at radius 1 is 0.842 bits per heavy atom. The van der Waals surface area contributed by atoms with Gasteiger partial charge in [0.1, 0.15) is 28.3 Å². The number of thiazole rings is 1. The Morgan fingerprint density at radius 2 is 1.47 bits per heavy atom. The molecule has 3 atom stereocenters. The van der Waals surface area contributed by atoms with Gasteiger partial charge in [0, 0.05) is 50.2 Å². The van der Waals surface area contributed by atoms with E-state index < -0.39 is 29.8 Å². The molecule has 1 aliphatic heterocycles. The lowest BCUT2D eigenvalue weighted by molar-refractivity contribution is -0.134. The van der Waals surface area contributed by atoms with Crippen LogP contribution in [0, 0.1) is 5.92 Å². The van der Waals surface area contributed by atoms with Crippen molar-refractivity contribution in [3.05, 3.63) is 16.1 Å². The van der Waals surface area contributed by atoms with Crippen LogP contribution in [0.3, 0.4) is 0 Å². The van der Waals surface area contributed by atoms with E-state index in [1.807, 2.05) is 0 Å². The monoisotopic (exact) mass is 829 g/mol. The lowest BCUT2D eigenvalue weighted by Crippen LogP contribution is -2.44. The van der Waals surface area contributed by atoms with Gasteiger partial charge in [-0.15, -0.1) is 23.1 Å². The molecule has 1 fully saturated rings. The highest BCUT2D eigenvalue weighted by Gasteiger charge is 2.50. The number of Topliss-reactive ketones (excluding diaryl/α,β-unsaturated/α-hetero) is 5. The standard InChI is InChI=1S/C42H63N5O8S2/c1-4-5-6-7-8-9-10-11-12-13-14-15-38(54)44-32(25-37(43)53)35(51)22-28(2)16-17-31(50)24-39(55)47-42(20-21-42)36(52)23-30(49)18-19-40-45-34(27-56-40)41-46-33(26-57-41)29(3)48/h26,28,32,34H,4-25,27H2,1-3H3,(H2,43,53)(H,44,54)(H,47,55)/t28-,32+,34-/m0/s1. The number of amides is 3. The second kappa shape index (κ2) is 25.0. The van der Waals surface area contributed by atoms with Crippen molar-refractivity contribution in [1.29, 1.82) is 0 Å². The average Bonchev–Trinajstić information content (AvgIpc) is 3.51. The third-order valence-corrected chi connectivity index (χ3v) is 12.5. The van der Waals surface area contributed by atoms with Crippen molar-refractivity contribution >= 4 is 74.8 Å². The van der Waals surface area contributed by atoms with E-state index in [1.54, 1.807) is 12.3 Å². The molecular formula is C42H63N5O8S2. The summed E-state index contributed by atoms with van der Waals surface area (Å²) in [4.78, 5) is 109. The van der Waals surface area contributed by atoms with E-state index in [9.17, 15) is 38.4 Å². The van der Waals surface area contributed by atoms with E-state index in [1.165, 1.54) is 75.0 Å². The van der Waals surface area contributed by atoms with Crippen molar-refractivity contribution in [2.45, 2.75) is 180 Å². The number of aromatic nitrogens is 1. The number of unbranched alkanes of at least 4 members (excludes halogenated alkanes) is 10. The fourth-order valence-electron chi connectivity index (χ4n) is 6.81. The van der Waals surface area contributed by atoms with Crippen molar-refractivity contribution in [2.24, 2.45) is 16.6 Å². The lowest BCUT2D eigenvalue weighted by Gasteiger charge is -2.19. The highest BCUT2D eigenvalue weighted by Crippen LogP contribution is 2.38. The number of primary amides is 1. The molecule has 4 N–H and O–H groups in total. The molecule has 15 heteroatoms. The molecule has 0 unspecified atom stereocenters. The predicted octanol–water partition coefficient (Wildman–Crippen LogP) is 6.89. The molecular weight excluding hydrogens is 767 g/mol. The molecule has 0 bridgehead atoms. The van der Waals surface area contributed by atoms with Crippen LogP contribution < -0.4 is 16.4 Å². The molecule has 0 aromatic carbocycles. The van der Waals surface area contributed by atoms with Crippen LogP contribution >= 0.6 is 23.1 Å². The summed E-state index contributed by atoms with van der Waals surface area (Å²) in [5.74, 6) is -2.53. The first-order valence-corrected chi connectivity index (χ1v) is 22.7. The number of ketones is 5. The maximum absolute atomic E-state index is 13.1. The number of rotatable bonds is 32. The van der Waals surface area contributed by atoms with Gasteiger partial charge in [0.05, 0.1) is 35.9 Å². The molecule has 1 aromatic heterocycles. The topological polar surface area (TPSA) is 212 Å². The predicted molar refractivity (Wildman–Crippen MR) is 223 cm³/mol. The first-order valence-electron chi connectivity index (χ1n) is 20.8. The molecule has 13 nitrogen and oxygen atoms in total. The van der Waals surface area contributed by atoms with Gasteiger partial charge in [0.25, 0.3) is 0 Å². The summed E-state index contributed by atoms with van der Waals surface area (Å²) in [6.45, 7) is 5.47. The highest BCUT2D eigenvalue weighted by atomic mass is 32.2. The maximum atomic E-state index is 13.1. The van der Waals surface area contributed by atoms with Crippen LogP contribution in [0.4, 0.5) is 0 Å². The van der Waals surface area contributed by atoms with Crippen LogP contribution in [0.15, 0.2) is 10.4 Å². The van der Waals surface area contributed by atoms with Gasteiger partial charge in [-0.05, 0) is 31.6 Å². The maximum Gasteiger partial charge on any atom is 0.228 e. The summed E-state index contributed by atoms with van der Waals surface area (Å²) in [6, 6.07) is -1.18. The average molecular weight is 830 g/mol. The molecule has 1 aliphatic carbocycles. The molecule has 3 rings (SSSR count). The molecule has 316 valence electrons. The fraction of sp³-hybridized carbons (Fsp3) is 0.714. The van der Waals surface area contributed by atoms with Crippen molar-refractivity contribution < 1.29 is 38.4 Å². The van der Waals surface area contributed by atoms with Crippen molar-refractivity contribution in [1.82, 2.24) is 15.6 Å². The van der Waals surface area contributed by atoms with Gasteiger partial charge in [-0.25, -0.2) is 4.98 Å². The van der Waals surface area contributed by atoms with Gasteiger partial charge >= 0.3 is 0 Å². The Kier molecular flexibility index (Phi) is 21.0. The van der Waals surface area contributed by atoms with Gasteiger partial charge in [-0.3, -0.25) is 43.3 Å². The smallest absolute Gasteiger partial charge is 0.228 e. The Labute approximate surface area is 345 Å². The van der Waals surface area contributed by atoms with Crippen LogP contribution in [0.1, 0.15) is 184 Å². The Morgan fingerprint density at radius 3 is 2.07 bits per heavy atom. The van der Waals surface area contributed by atoms with Crippen molar-refractivity contribution in [2.75, 3.05) is 5.75 Å². The number of nitrogens with two attached hydrogens (primary N) is 1. The van der Waals surface area contributed by atoms with Crippen LogP contribution in [0.25, 0.3) is 0 Å². The zero-order valence-corrected chi connectivity index (χ0v) is 35.8. The molecule has 1 aromatic rings. The van der Waals surface area contributed by atoms with E-state index >= 15 is 0 Å². The SMILES string of the molecule is CCCCCCCCCCCCCC(=O)N[C@H](CC(N)=O)C(=O)C[C@@H](C)CCC(=O)CC(=O)NC1(C(=O)CC(=O)CCC2=N[C@H](c3nc(C(C)=O)cs3)CS2)CC1. The van der Waals surface area contributed by atoms with Gasteiger partial charge < -0.3 is 16.4 Å². The number of nitrogens with one attached hydrogen (secondary N) is 2. The summed E-state index contributed by atoms with van der Waals surface area (Å²) < 4.78 is 0. The van der Waals surface area contributed by atoms with Gasteiger partial charge in [0.2, 0.25) is 17.7 Å². The molecule has 3 amide bonds. The van der Waals surface area contributed by atoms with E-state index in [0.717, 1.165) is 29.3 Å². The van der Waals surface area contributed by atoms with Crippen LogP contribution in [0.2, 0.25) is 0 Å². The highest BCUT2D eigenvalue weighted by molar-refractivity contribution is 8.14. The number of aliphatic imine (C=N–C) groups is 1. The van der Waals surface area contributed by atoms with Crippen LogP contribution in [-0.2, 0) is 33.6 Å². The minimum absolute atomic E-state index is 0.0300. The van der Waals surface area contributed by atoms with Crippen molar-refractivity contribution in [3.63, 3.8) is 0 Å². The molecule has 2 aliphatic rings. The third-order valence-electron chi connectivity index (χ3n) is 10.5. The Balaban J connectivity index is 1.31. The van der Waals surface area contributed by atoms with Crippen LogP contribution in [-0.4, -0.2) is 74.0 Å². The third kappa shape index (κ3) is 18.3. The van der Waals surface area contributed by atoms with Crippen LogP contribution in [0.5, 0.6) is 0 Å². The van der Waals surface area contributed by atoms with Gasteiger partial charge in [-0.1, -0.05) is 78.1 Å². The number of carbonyl (C=O) groups excluding carboxylic acids is 8. The van der Waals surface area contributed by atoms with Crippen molar-refractivity contribution in [3.8, 4) is 0 Å². The van der Waals surface area contributed by atoms with E-state index in [-0.39, 0.29) is 85.3 Å². The summed E-state index contributed by atoms with van der Waals surface area (Å²) >= 11 is 2.92. The number of hydrogen-bond acceptors (Lipinski definition) is 12. The number of nitrogens with zero attached hydrogens (tertiary/aromatic N) is 2. The van der Waals surface area contributed by atoms with E-state index in [2.05, 4.69) is 27.5 Å². The minimum atomic E-state index is -1.12. The normalized spacial score (nSPS) is 16.6. The molecule has 0 radical (unpaired) electrons. The molecule has 0 spiro atoms. The minimum Gasteiger partial charge on any atom is -0.370 e. The summed E-state index contributed by atoms with van der Waals surface area (Å²) in [7, 11) is 0. The summed E-state index contributed by atoms with van der Waals surface area (Å²) in [6.07, 6.45) is 13.7. The quantitative estimate of drug-likeness (QED) is 0.0389. The van der Waals surface area contributed by atoms with Gasteiger partial charge in [-0.2, -0.15) is 0 Å². The Hall–Kier alpha value is -3.59. The second-order valence-corrected chi connectivity index (χ2v) is 17.8. The van der Waals surface area contributed by atoms with E-state index in [0.29, 0.717) is 43.6 Å². The summed E-state index contributed by atoms with van der Waals surface area (Å²) in [5.41, 5.74) is 4.67. The van der Waals surface area contributed by atoms with Gasteiger partial charge in [0.15, 0.2) is 17.3 Å². The second-order valence-electron chi connectivity index (χ2n) is 15.9. The fourth-order valence-corrected chi connectivity index (χ4v) is 8.84. The number of hydrogen-bond donors (Lipinski definition) is 3. The largest absolute Gasteiger partial charge is 0.370 e. The number of carbonyl (C=O) groups is 8. The zero-order valence-electron chi connectivity index (χ0n) is 34.1. The molecule has 2 heterocycles. The zero-order chi connectivity index (χ0) is 41.8. The molecule has 0 saturated heterocycles. The summed E-state index contributed by atoms with van der Waals surface area (Å²) in [5, 5.41) is 8.65. The first kappa shape index (κ1) is 47.8. The number of thioether (sulfide) groups is 1. The Bertz CT molecular complexity index is 1600. The molecule has 57 heavy (non-hydrogen) atoms. The lowest BCUT2D eigenvalue weighted by atomic mass is 9.93. The molecule has 1 saturated carbocycles. The first-order chi connectivity index (χ1) is 27.2. The van der Waals surface area contributed by atoms with E-state index in [4.69, 9.17) is 5.73 Å².